The number of nitrogens with zero attached hydrogens (tertiary/aromatic N) is 3. The monoisotopic (exact) mass is 289 g/mol. The number of hydrogen-bond acceptors (Lipinski definition) is 5. The van der Waals surface area contributed by atoms with Gasteiger partial charge in [0.2, 0.25) is 11.0 Å². The van der Waals surface area contributed by atoms with E-state index in [1.54, 1.807) is 19.1 Å². The highest BCUT2D eigenvalue weighted by molar-refractivity contribution is 7.18. The van der Waals surface area contributed by atoms with Crippen LogP contribution in [-0.2, 0) is 4.79 Å². The zero-order valence-electron chi connectivity index (χ0n) is 11.4. The van der Waals surface area contributed by atoms with Crippen LogP contribution in [0.3, 0.4) is 0 Å². The van der Waals surface area contributed by atoms with Crippen LogP contribution in [0.1, 0.15) is 12.8 Å². The van der Waals surface area contributed by atoms with Crippen LogP contribution in [0.5, 0.6) is 5.75 Å². The Kier molecular flexibility index (Phi) is 3.40. The van der Waals surface area contributed by atoms with E-state index in [-0.39, 0.29) is 11.8 Å². The molecule has 3 rings (SSSR count). The number of methoxy groups -OCH3 is 1. The Morgan fingerprint density at radius 3 is 2.60 bits per heavy atom. The molecule has 0 saturated heterocycles. The molecule has 1 heterocycles. The normalized spacial score (nSPS) is 14.1. The number of carbonyl (C=O) groups excluding carboxylic acids is 1. The van der Waals surface area contributed by atoms with Crippen molar-refractivity contribution in [2.45, 2.75) is 12.8 Å². The van der Waals surface area contributed by atoms with Gasteiger partial charge in [-0.1, -0.05) is 11.3 Å². The first-order valence-corrected chi connectivity index (χ1v) is 7.26. The summed E-state index contributed by atoms with van der Waals surface area (Å²) in [5.41, 5.74) is 0.974. The molecular weight excluding hydrogens is 274 g/mol. The highest BCUT2D eigenvalue weighted by atomic mass is 32.1. The minimum absolute atomic E-state index is 0.141. The second-order valence-electron chi connectivity index (χ2n) is 4.79. The van der Waals surface area contributed by atoms with Gasteiger partial charge in [0.1, 0.15) is 10.8 Å². The second kappa shape index (κ2) is 5.20. The number of aromatic nitrogens is 2. The zero-order chi connectivity index (χ0) is 14.1. The smallest absolute Gasteiger partial charge is 0.231 e. The van der Waals surface area contributed by atoms with E-state index in [0.29, 0.717) is 5.13 Å². The summed E-state index contributed by atoms with van der Waals surface area (Å²) in [6.45, 7) is 0. The van der Waals surface area contributed by atoms with E-state index in [1.807, 2.05) is 24.3 Å². The molecular formula is C14H15N3O2S. The lowest BCUT2D eigenvalue weighted by molar-refractivity contribution is -0.119. The first kappa shape index (κ1) is 13.1. The van der Waals surface area contributed by atoms with Crippen molar-refractivity contribution < 1.29 is 9.53 Å². The van der Waals surface area contributed by atoms with Gasteiger partial charge in [-0.3, -0.25) is 9.69 Å². The molecule has 104 valence electrons. The van der Waals surface area contributed by atoms with Crippen LogP contribution in [0.2, 0.25) is 0 Å². The summed E-state index contributed by atoms with van der Waals surface area (Å²) in [4.78, 5) is 13.6. The molecule has 0 aliphatic heterocycles. The van der Waals surface area contributed by atoms with E-state index < -0.39 is 0 Å². The average molecular weight is 289 g/mol. The fourth-order valence-electron chi connectivity index (χ4n) is 1.90. The van der Waals surface area contributed by atoms with E-state index >= 15 is 0 Å². The number of hydrogen-bond donors (Lipinski definition) is 0. The van der Waals surface area contributed by atoms with Crippen molar-refractivity contribution in [2.24, 2.45) is 5.92 Å². The average Bonchev–Trinajstić information content (AvgIpc) is 3.23. The van der Waals surface area contributed by atoms with E-state index in [1.165, 1.54) is 11.3 Å². The predicted octanol–water partition coefficient (Wildman–Crippen LogP) is 2.59. The third-order valence-electron chi connectivity index (χ3n) is 3.30. The Bertz CT molecular complexity index is 620. The molecule has 1 amide bonds. The topological polar surface area (TPSA) is 55.3 Å². The van der Waals surface area contributed by atoms with Gasteiger partial charge >= 0.3 is 0 Å². The summed E-state index contributed by atoms with van der Waals surface area (Å²) >= 11 is 1.42. The number of amides is 1. The summed E-state index contributed by atoms with van der Waals surface area (Å²) in [5.74, 6) is 1.13. The van der Waals surface area contributed by atoms with E-state index in [2.05, 4.69) is 10.2 Å². The van der Waals surface area contributed by atoms with Crippen LogP contribution in [0.4, 0.5) is 5.13 Å². The lowest BCUT2D eigenvalue weighted by atomic mass is 10.2. The molecule has 20 heavy (non-hydrogen) atoms. The van der Waals surface area contributed by atoms with Crippen molar-refractivity contribution >= 4 is 22.4 Å². The lowest BCUT2D eigenvalue weighted by Gasteiger charge is -2.11. The van der Waals surface area contributed by atoms with Gasteiger partial charge in [-0.25, -0.2) is 0 Å². The maximum Gasteiger partial charge on any atom is 0.231 e. The van der Waals surface area contributed by atoms with Gasteiger partial charge in [-0.15, -0.1) is 10.2 Å². The van der Waals surface area contributed by atoms with E-state index in [0.717, 1.165) is 29.2 Å². The third kappa shape index (κ3) is 2.51. The fraction of sp³-hybridized carbons (Fsp3) is 0.357. The largest absolute Gasteiger partial charge is 0.497 e. The molecule has 1 aromatic heterocycles. The van der Waals surface area contributed by atoms with Crippen molar-refractivity contribution in [1.29, 1.82) is 0 Å². The fourth-order valence-corrected chi connectivity index (χ4v) is 2.72. The lowest BCUT2D eigenvalue weighted by Crippen LogP contribution is -2.27. The molecule has 0 N–H and O–H groups in total. The molecule has 0 radical (unpaired) electrons. The Labute approximate surface area is 121 Å². The Balaban J connectivity index is 1.79. The van der Waals surface area contributed by atoms with Gasteiger partial charge in [0, 0.05) is 18.5 Å². The van der Waals surface area contributed by atoms with Gasteiger partial charge in [0.25, 0.3) is 0 Å². The van der Waals surface area contributed by atoms with Crippen molar-refractivity contribution in [2.75, 3.05) is 19.1 Å². The molecule has 1 saturated carbocycles. The van der Waals surface area contributed by atoms with Crippen LogP contribution in [0, 0.1) is 5.92 Å². The molecule has 0 bridgehead atoms. The standard InChI is InChI=1S/C14H15N3O2S/c1-17(13(18)10-3-4-10)14-16-15-12(20-14)9-5-7-11(19-2)8-6-9/h5-8,10H,3-4H2,1-2H3. The Morgan fingerprint density at radius 1 is 1.30 bits per heavy atom. The number of rotatable bonds is 4. The zero-order valence-corrected chi connectivity index (χ0v) is 12.2. The SMILES string of the molecule is COc1ccc(-c2nnc(N(C)C(=O)C3CC3)s2)cc1. The quantitative estimate of drug-likeness (QED) is 0.868. The molecule has 6 heteroatoms. The first-order chi connectivity index (χ1) is 9.69. The molecule has 0 unspecified atom stereocenters. The molecule has 1 fully saturated rings. The molecule has 1 aromatic carbocycles. The predicted molar refractivity (Wildman–Crippen MR) is 78.0 cm³/mol. The second-order valence-corrected chi connectivity index (χ2v) is 5.75. The van der Waals surface area contributed by atoms with Gasteiger partial charge in [0.15, 0.2) is 0 Å². The maximum atomic E-state index is 12.0. The number of carbonyl (C=O) groups is 1. The van der Waals surface area contributed by atoms with Gasteiger partial charge in [-0.2, -0.15) is 0 Å². The minimum Gasteiger partial charge on any atom is -0.497 e. The van der Waals surface area contributed by atoms with Gasteiger partial charge in [-0.05, 0) is 37.1 Å². The Morgan fingerprint density at radius 2 is 2.00 bits per heavy atom. The summed E-state index contributed by atoms with van der Waals surface area (Å²) in [6.07, 6.45) is 1.99. The van der Waals surface area contributed by atoms with Crippen LogP contribution in [-0.4, -0.2) is 30.3 Å². The summed E-state index contributed by atoms with van der Waals surface area (Å²) in [7, 11) is 3.40. The van der Waals surface area contributed by atoms with Crippen molar-refractivity contribution in [3.8, 4) is 16.3 Å². The third-order valence-corrected chi connectivity index (χ3v) is 4.34. The van der Waals surface area contributed by atoms with Crippen LogP contribution in [0.15, 0.2) is 24.3 Å². The molecule has 2 aromatic rings. The highest BCUT2D eigenvalue weighted by Crippen LogP contribution is 2.34. The van der Waals surface area contributed by atoms with Gasteiger partial charge < -0.3 is 4.74 Å². The molecule has 5 nitrogen and oxygen atoms in total. The summed E-state index contributed by atoms with van der Waals surface area (Å²) < 4.78 is 5.13. The highest BCUT2D eigenvalue weighted by Gasteiger charge is 2.33. The van der Waals surface area contributed by atoms with Crippen molar-refractivity contribution in [3.05, 3.63) is 24.3 Å². The number of benzene rings is 1. The van der Waals surface area contributed by atoms with Crippen molar-refractivity contribution in [1.82, 2.24) is 10.2 Å². The van der Waals surface area contributed by atoms with Crippen LogP contribution < -0.4 is 9.64 Å². The number of anilines is 1. The first-order valence-electron chi connectivity index (χ1n) is 6.44. The summed E-state index contributed by atoms with van der Waals surface area (Å²) in [5, 5.41) is 9.72. The van der Waals surface area contributed by atoms with Crippen LogP contribution in [0.25, 0.3) is 10.6 Å². The van der Waals surface area contributed by atoms with E-state index in [9.17, 15) is 4.79 Å². The minimum atomic E-state index is 0.141. The van der Waals surface area contributed by atoms with Gasteiger partial charge in [0.05, 0.1) is 7.11 Å². The molecule has 1 aliphatic rings. The maximum absolute atomic E-state index is 12.0. The molecule has 1 aliphatic carbocycles. The summed E-state index contributed by atoms with van der Waals surface area (Å²) in [6, 6.07) is 7.64. The number of ether oxygens (including phenoxy) is 1. The van der Waals surface area contributed by atoms with Crippen LogP contribution >= 0.6 is 11.3 Å². The molecule has 0 atom stereocenters. The molecule has 0 spiro atoms. The van der Waals surface area contributed by atoms with E-state index in [4.69, 9.17) is 4.74 Å². The Hall–Kier alpha value is -1.95. The van der Waals surface area contributed by atoms with Crippen molar-refractivity contribution in [3.63, 3.8) is 0 Å².